The Kier molecular flexibility index (Phi) is 7.25. The Morgan fingerprint density at radius 1 is 1.52 bits per heavy atom. The van der Waals surface area contributed by atoms with Crippen LogP contribution in [-0.2, 0) is 11.2 Å². The fraction of sp³-hybridized carbons (Fsp3) is 0.667. The molecule has 2 rings (SSSR count). The zero-order chi connectivity index (χ0) is 15.1. The number of hydrogen-bond acceptors (Lipinski definition) is 3. The lowest BCUT2D eigenvalue weighted by Crippen LogP contribution is -2.41. The first kappa shape index (κ1) is 17.0. The van der Waals surface area contributed by atoms with Crippen molar-refractivity contribution in [3.63, 3.8) is 0 Å². The van der Waals surface area contributed by atoms with E-state index in [4.69, 9.17) is 4.74 Å². The average molecular weight is 421 g/mol. The van der Waals surface area contributed by atoms with Crippen LogP contribution in [0.15, 0.2) is 17.1 Å². The van der Waals surface area contributed by atoms with Crippen LogP contribution in [-0.4, -0.2) is 51.3 Å². The highest BCUT2D eigenvalue weighted by Crippen LogP contribution is 2.28. The molecule has 1 aromatic rings. The van der Waals surface area contributed by atoms with Crippen LogP contribution in [0.25, 0.3) is 0 Å². The van der Waals surface area contributed by atoms with E-state index in [1.807, 2.05) is 18.4 Å². The molecule has 0 radical (unpaired) electrons. The Hall–Kier alpha value is -0.340. The number of aliphatic imine (C=N–C) groups is 1. The Morgan fingerprint density at radius 2 is 2.33 bits per heavy atom. The molecule has 0 amide bonds. The van der Waals surface area contributed by atoms with Gasteiger partial charge in [-0.15, -0.1) is 11.3 Å². The van der Waals surface area contributed by atoms with Crippen LogP contribution in [0.5, 0.6) is 0 Å². The predicted molar refractivity (Wildman–Crippen MR) is 98.3 cm³/mol. The van der Waals surface area contributed by atoms with E-state index in [0.29, 0.717) is 0 Å². The summed E-state index contributed by atoms with van der Waals surface area (Å²) in [7, 11) is 3.89. The maximum Gasteiger partial charge on any atom is 0.193 e. The molecule has 0 aromatic carbocycles. The maximum atomic E-state index is 5.68. The van der Waals surface area contributed by atoms with Crippen molar-refractivity contribution < 1.29 is 4.74 Å². The normalized spacial score (nSPS) is 15.3. The quantitative estimate of drug-likeness (QED) is 0.304. The molecule has 21 heavy (non-hydrogen) atoms. The Morgan fingerprint density at radius 3 is 2.95 bits per heavy atom. The SMILES string of the molecule is CN=C(NCCc1ccc(I)s1)N(C)CCOCC1CC1. The van der Waals surface area contributed by atoms with E-state index < -0.39 is 0 Å². The van der Waals surface area contributed by atoms with Crippen LogP contribution >= 0.6 is 33.9 Å². The van der Waals surface area contributed by atoms with Crippen LogP contribution < -0.4 is 5.32 Å². The van der Waals surface area contributed by atoms with Gasteiger partial charge in [0.2, 0.25) is 0 Å². The van der Waals surface area contributed by atoms with E-state index in [-0.39, 0.29) is 0 Å². The second kappa shape index (κ2) is 8.95. The topological polar surface area (TPSA) is 36.9 Å². The van der Waals surface area contributed by atoms with Gasteiger partial charge < -0.3 is 15.0 Å². The minimum Gasteiger partial charge on any atom is -0.379 e. The molecule has 118 valence electrons. The minimum atomic E-state index is 0.775. The van der Waals surface area contributed by atoms with Crippen LogP contribution in [0.2, 0.25) is 0 Å². The van der Waals surface area contributed by atoms with Gasteiger partial charge in [0.1, 0.15) is 0 Å². The summed E-state index contributed by atoms with van der Waals surface area (Å²) < 4.78 is 7.02. The highest BCUT2D eigenvalue weighted by Gasteiger charge is 2.21. The summed E-state index contributed by atoms with van der Waals surface area (Å²) in [5.74, 6) is 1.78. The summed E-state index contributed by atoms with van der Waals surface area (Å²) in [5.41, 5.74) is 0. The third kappa shape index (κ3) is 6.52. The lowest BCUT2D eigenvalue weighted by atomic mass is 10.3. The molecule has 0 saturated heterocycles. The van der Waals surface area contributed by atoms with Crippen molar-refractivity contribution in [2.75, 3.05) is 40.4 Å². The molecule has 0 bridgehead atoms. The van der Waals surface area contributed by atoms with Crippen molar-refractivity contribution >= 4 is 39.9 Å². The Bertz CT molecular complexity index is 460. The number of nitrogens with one attached hydrogen (secondary N) is 1. The lowest BCUT2D eigenvalue weighted by molar-refractivity contribution is 0.115. The van der Waals surface area contributed by atoms with E-state index >= 15 is 0 Å². The van der Waals surface area contributed by atoms with Gasteiger partial charge in [-0.25, -0.2) is 0 Å². The first-order valence-electron chi connectivity index (χ1n) is 7.42. The molecule has 1 fully saturated rings. The summed E-state index contributed by atoms with van der Waals surface area (Å²) in [5, 5.41) is 3.41. The van der Waals surface area contributed by atoms with Crippen molar-refractivity contribution in [3.05, 3.63) is 19.9 Å². The van der Waals surface area contributed by atoms with Gasteiger partial charge in [0, 0.05) is 38.7 Å². The van der Waals surface area contributed by atoms with Crippen molar-refractivity contribution in [2.45, 2.75) is 19.3 Å². The number of halogens is 1. The monoisotopic (exact) mass is 421 g/mol. The van der Waals surface area contributed by atoms with Gasteiger partial charge in [-0.1, -0.05) is 0 Å². The summed E-state index contributed by atoms with van der Waals surface area (Å²) in [6.45, 7) is 3.49. The van der Waals surface area contributed by atoms with Crippen LogP contribution in [0.3, 0.4) is 0 Å². The van der Waals surface area contributed by atoms with Gasteiger partial charge in [-0.05, 0) is 59.9 Å². The molecule has 1 N–H and O–H groups in total. The van der Waals surface area contributed by atoms with E-state index in [2.05, 4.69) is 57.0 Å². The summed E-state index contributed by atoms with van der Waals surface area (Å²) in [6, 6.07) is 4.37. The van der Waals surface area contributed by atoms with Gasteiger partial charge >= 0.3 is 0 Å². The van der Waals surface area contributed by atoms with Crippen LogP contribution in [0, 0.1) is 8.80 Å². The highest BCUT2D eigenvalue weighted by atomic mass is 127. The number of thiophene rings is 1. The molecule has 1 saturated carbocycles. The second-order valence-corrected chi connectivity index (χ2v) is 8.43. The molecule has 0 unspecified atom stereocenters. The first-order valence-corrected chi connectivity index (χ1v) is 9.32. The summed E-state index contributed by atoms with van der Waals surface area (Å²) in [6.07, 6.45) is 3.74. The number of rotatable bonds is 8. The van der Waals surface area contributed by atoms with Crippen molar-refractivity contribution in [1.29, 1.82) is 0 Å². The molecular formula is C15H24IN3OS. The largest absolute Gasteiger partial charge is 0.379 e. The number of ether oxygens (including phenoxy) is 1. The van der Waals surface area contributed by atoms with Gasteiger partial charge in [0.25, 0.3) is 0 Å². The summed E-state index contributed by atoms with van der Waals surface area (Å²) >= 11 is 4.22. The third-order valence-electron chi connectivity index (χ3n) is 3.48. The zero-order valence-corrected chi connectivity index (χ0v) is 15.7. The molecule has 1 aliphatic rings. The summed E-state index contributed by atoms with van der Waals surface area (Å²) in [4.78, 5) is 7.87. The van der Waals surface area contributed by atoms with E-state index in [9.17, 15) is 0 Å². The number of nitrogens with zero attached hydrogens (tertiary/aromatic N) is 2. The van der Waals surface area contributed by atoms with E-state index in [0.717, 1.165) is 44.6 Å². The molecule has 0 atom stereocenters. The minimum absolute atomic E-state index is 0.775. The van der Waals surface area contributed by atoms with Crippen LogP contribution in [0.4, 0.5) is 0 Å². The molecule has 0 aliphatic heterocycles. The average Bonchev–Trinajstić information content (AvgIpc) is 3.21. The highest BCUT2D eigenvalue weighted by molar-refractivity contribution is 14.1. The molecule has 6 heteroatoms. The van der Waals surface area contributed by atoms with Crippen LogP contribution in [0.1, 0.15) is 17.7 Å². The molecule has 1 heterocycles. The predicted octanol–water partition coefficient (Wildman–Crippen LogP) is 2.83. The molecule has 1 aromatic heterocycles. The zero-order valence-electron chi connectivity index (χ0n) is 12.8. The molecular weight excluding hydrogens is 397 g/mol. The van der Waals surface area contributed by atoms with Crippen molar-refractivity contribution in [1.82, 2.24) is 10.2 Å². The van der Waals surface area contributed by atoms with Crippen molar-refractivity contribution in [3.8, 4) is 0 Å². The number of likely N-dealkylation sites (N-methyl/N-ethyl adjacent to an activating group) is 1. The third-order valence-corrected chi connectivity index (χ3v) is 5.43. The Balaban J connectivity index is 1.61. The first-order chi connectivity index (χ1) is 10.2. The Labute approximate surface area is 145 Å². The van der Waals surface area contributed by atoms with Gasteiger partial charge in [0.15, 0.2) is 5.96 Å². The maximum absolute atomic E-state index is 5.68. The molecule has 1 aliphatic carbocycles. The van der Waals surface area contributed by atoms with Gasteiger partial charge in [-0.3, -0.25) is 4.99 Å². The number of hydrogen-bond donors (Lipinski definition) is 1. The second-order valence-electron chi connectivity index (χ2n) is 5.37. The van der Waals surface area contributed by atoms with Gasteiger partial charge in [-0.2, -0.15) is 0 Å². The smallest absolute Gasteiger partial charge is 0.193 e. The van der Waals surface area contributed by atoms with E-state index in [1.54, 1.807) is 0 Å². The fourth-order valence-corrected chi connectivity index (χ4v) is 3.77. The lowest BCUT2D eigenvalue weighted by Gasteiger charge is -2.21. The van der Waals surface area contributed by atoms with Gasteiger partial charge in [0.05, 0.1) is 9.49 Å². The molecule has 4 nitrogen and oxygen atoms in total. The van der Waals surface area contributed by atoms with E-state index in [1.165, 1.54) is 20.6 Å². The fourth-order valence-electron chi connectivity index (χ4n) is 2.01. The van der Waals surface area contributed by atoms with Crippen molar-refractivity contribution in [2.24, 2.45) is 10.9 Å². The standard InChI is InChI=1S/C15H24IN3OS/c1-17-15(18-8-7-13-5-6-14(16)21-13)19(2)9-10-20-11-12-3-4-12/h5-6,12H,3-4,7-11H2,1-2H3,(H,17,18). The number of guanidine groups is 1. The molecule has 0 spiro atoms.